The van der Waals surface area contributed by atoms with Gasteiger partial charge in [0.05, 0.1) is 6.20 Å². The Kier molecular flexibility index (Phi) is 4.89. The van der Waals surface area contributed by atoms with Gasteiger partial charge in [0, 0.05) is 23.8 Å². The Hall–Kier alpha value is -1.69. The molecule has 0 aromatic carbocycles. The molecule has 1 N–H and O–H groups in total. The predicted molar refractivity (Wildman–Crippen MR) is 78.4 cm³/mol. The average Bonchev–Trinajstić information content (AvgIpc) is 3.05. The molecule has 2 heterocycles. The van der Waals surface area contributed by atoms with Gasteiger partial charge in [0.25, 0.3) is 0 Å². The lowest BCUT2D eigenvalue weighted by atomic mass is 10.1. The fourth-order valence-electron chi connectivity index (χ4n) is 2.35. The van der Waals surface area contributed by atoms with Gasteiger partial charge in [-0.2, -0.15) is 10.2 Å². The number of hydrogen-bond donors (Lipinski definition) is 1. The Morgan fingerprint density at radius 2 is 2.05 bits per heavy atom. The largest absolute Gasteiger partial charge is 0.310 e. The van der Waals surface area contributed by atoms with Crippen molar-refractivity contribution in [3.05, 3.63) is 30.1 Å². The monoisotopic (exact) mass is 276 g/mol. The quantitative estimate of drug-likeness (QED) is 0.842. The lowest BCUT2D eigenvalue weighted by Gasteiger charge is -2.13. The van der Waals surface area contributed by atoms with Crippen molar-refractivity contribution in [1.82, 2.24) is 29.9 Å². The highest BCUT2D eigenvalue weighted by Crippen LogP contribution is 2.16. The molecule has 110 valence electrons. The second-order valence-electron chi connectivity index (χ2n) is 5.20. The maximum atomic E-state index is 4.44. The summed E-state index contributed by atoms with van der Waals surface area (Å²) >= 11 is 0. The minimum atomic E-state index is 0.313. The van der Waals surface area contributed by atoms with E-state index in [2.05, 4.69) is 54.4 Å². The zero-order valence-corrected chi connectivity index (χ0v) is 12.7. The summed E-state index contributed by atoms with van der Waals surface area (Å²) in [6, 6.07) is 0.685. The smallest absolute Gasteiger partial charge is 0.148 e. The van der Waals surface area contributed by atoms with Gasteiger partial charge in [-0.3, -0.25) is 4.68 Å². The fraction of sp³-hybridized carbons (Fsp3) is 0.643. The second-order valence-corrected chi connectivity index (χ2v) is 5.20. The van der Waals surface area contributed by atoms with Crippen LogP contribution in [0.25, 0.3) is 0 Å². The number of nitrogens with zero attached hydrogens (tertiary/aromatic N) is 5. The van der Waals surface area contributed by atoms with Crippen molar-refractivity contribution >= 4 is 0 Å². The Morgan fingerprint density at radius 3 is 2.70 bits per heavy atom. The average molecular weight is 276 g/mol. The number of rotatable bonds is 7. The van der Waals surface area contributed by atoms with Crippen LogP contribution in [-0.2, 0) is 6.54 Å². The molecule has 0 fully saturated rings. The van der Waals surface area contributed by atoms with Gasteiger partial charge in [-0.15, -0.1) is 0 Å². The van der Waals surface area contributed by atoms with Crippen LogP contribution in [0.1, 0.15) is 57.6 Å². The van der Waals surface area contributed by atoms with Gasteiger partial charge >= 0.3 is 0 Å². The van der Waals surface area contributed by atoms with Crippen molar-refractivity contribution in [2.75, 3.05) is 6.54 Å². The SMILES string of the molecule is CCNC(CC)c1cnn(Cc2ncnn2C(C)C)c1. The van der Waals surface area contributed by atoms with Crippen LogP contribution < -0.4 is 5.32 Å². The van der Waals surface area contributed by atoms with Gasteiger partial charge in [-0.1, -0.05) is 13.8 Å². The lowest BCUT2D eigenvalue weighted by molar-refractivity contribution is 0.487. The van der Waals surface area contributed by atoms with Crippen LogP contribution in [0.4, 0.5) is 0 Å². The first kappa shape index (κ1) is 14.7. The molecule has 2 aromatic rings. The van der Waals surface area contributed by atoms with E-state index in [4.69, 9.17) is 0 Å². The van der Waals surface area contributed by atoms with Crippen LogP contribution in [0.15, 0.2) is 18.7 Å². The normalized spacial score (nSPS) is 13.1. The number of hydrogen-bond acceptors (Lipinski definition) is 4. The molecular formula is C14H24N6. The molecule has 2 aromatic heterocycles. The summed E-state index contributed by atoms with van der Waals surface area (Å²) in [5.41, 5.74) is 1.23. The molecule has 0 aliphatic carbocycles. The molecule has 0 aliphatic heterocycles. The van der Waals surface area contributed by atoms with Gasteiger partial charge < -0.3 is 5.32 Å². The van der Waals surface area contributed by atoms with Gasteiger partial charge in [-0.05, 0) is 26.8 Å². The van der Waals surface area contributed by atoms with Crippen molar-refractivity contribution in [1.29, 1.82) is 0 Å². The van der Waals surface area contributed by atoms with E-state index < -0.39 is 0 Å². The van der Waals surface area contributed by atoms with Crippen LogP contribution in [0.2, 0.25) is 0 Å². The van der Waals surface area contributed by atoms with Crippen molar-refractivity contribution < 1.29 is 0 Å². The summed E-state index contributed by atoms with van der Waals surface area (Å²) in [5.74, 6) is 0.936. The van der Waals surface area contributed by atoms with E-state index in [1.807, 2.05) is 15.6 Å². The summed E-state index contributed by atoms with van der Waals surface area (Å²) < 4.78 is 3.86. The van der Waals surface area contributed by atoms with Crippen molar-refractivity contribution in [2.45, 2.75) is 52.7 Å². The van der Waals surface area contributed by atoms with Crippen molar-refractivity contribution in [3.8, 4) is 0 Å². The molecular weight excluding hydrogens is 252 g/mol. The first-order valence-corrected chi connectivity index (χ1v) is 7.29. The van der Waals surface area contributed by atoms with E-state index in [1.165, 1.54) is 5.56 Å². The summed E-state index contributed by atoms with van der Waals surface area (Å²) in [6.07, 6.45) is 6.69. The Bertz CT molecular complexity index is 527. The first-order chi connectivity index (χ1) is 9.65. The number of nitrogens with one attached hydrogen (secondary N) is 1. The molecule has 0 saturated carbocycles. The van der Waals surface area contributed by atoms with E-state index in [0.717, 1.165) is 18.8 Å². The molecule has 6 heteroatoms. The molecule has 0 spiro atoms. The van der Waals surface area contributed by atoms with Crippen LogP contribution in [-0.4, -0.2) is 31.1 Å². The third-order valence-electron chi connectivity index (χ3n) is 3.35. The highest BCUT2D eigenvalue weighted by molar-refractivity contribution is 5.10. The zero-order chi connectivity index (χ0) is 14.5. The van der Waals surface area contributed by atoms with Gasteiger partial charge in [0.15, 0.2) is 0 Å². The summed E-state index contributed by atoms with van der Waals surface area (Å²) in [4.78, 5) is 4.32. The highest BCUT2D eigenvalue weighted by Gasteiger charge is 2.12. The van der Waals surface area contributed by atoms with E-state index in [-0.39, 0.29) is 0 Å². The van der Waals surface area contributed by atoms with Crippen molar-refractivity contribution in [3.63, 3.8) is 0 Å². The molecule has 0 saturated heterocycles. The fourth-order valence-corrected chi connectivity index (χ4v) is 2.35. The minimum Gasteiger partial charge on any atom is -0.310 e. The van der Waals surface area contributed by atoms with Crippen LogP contribution >= 0.6 is 0 Å². The lowest BCUT2D eigenvalue weighted by Crippen LogP contribution is -2.19. The van der Waals surface area contributed by atoms with Gasteiger partial charge in [0.1, 0.15) is 18.7 Å². The van der Waals surface area contributed by atoms with Crippen LogP contribution in [0, 0.1) is 0 Å². The summed E-state index contributed by atoms with van der Waals surface area (Å²) in [6.45, 7) is 10.1. The topological polar surface area (TPSA) is 60.6 Å². The first-order valence-electron chi connectivity index (χ1n) is 7.29. The Morgan fingerprint density at radius 1 is 1.25 bits per heavy atom. The van der Waals surface area contributed by atoms with Gasteiger partial charge in [0.2, 0.25) is 0 Å². The summed E-state index contributed by atoms with van der Waals surface area (Å²) in [5, 5.41) is 12.2. The summed E-state index contributed by atoms with van der Waals surface area (Å²) in [7, 11) is 0. The predicted octanol–water partition coefficient (Wildman–Crippen LogP) is 2.16. The molecule has 0 aliphatic rings. The molecule has 0 amide bonds. The molecule has 0 bridgehead atoms. The third-order valence-corrected chi connectivity index (χ3v) is 3.35. The van der Waals surface area contributed by atoms with Crippen LogP contribution in [0.3, 0.4) is 0 Å². The second kappa shape index (κ2) is 6.65. The molecule has 6 nitrogen and oxygen atoms in total. The highest BCUT2D eigenvalue weighted by atomic mass is 15.4. The minimum absolute atomic E-state index is 0.313. The standard InChI is InChI=1S/C14H24N6/c1-5-13(15-6-2)12-7-17-19(8-12)9-14-16-10-18-20(14)11(3)4/h7-8,10-11,13,15H,5-6,9H2,1-4H3. The maximum absolute atomic E-state index is 4.44. The Labute approximate surface area is 120 Å². The molecule has 1 unspecified atom stereocenters. The Balaban J connectivity index is 2.11. The zero-order valence-electron chi connectivity index (χ0n) is 12.7. The molecule has 20 heavy (non-hydrogen) atoms. The molecule has 0 radical (unpaired) electrons. The van der Waals surface area contributed by atoms with E-state index in [0.29, 0.717) is 18.6 Å². The molecule has 2 rings (SSSR count). The van der Waals surface area contributed by atoms with E-state index in [9.17, 15) is 0 Å². The number of aromatic nitrogens is 5. The van der Waals surface area contributed by atoms with E-state index >= 15 is 0 Å². The third kappa shape index (κ3) is 3.25. The van der Waals surface area contributed by atoms with Crippen LogP contribution in [0.5, 0.6) is 0 Å². The molecule has 1 atom stereocenters. The van der Waals surface area contributed by atoms with E-state index in [1.54, 1.807) is 6.33 Å². The maximum Gasteiger partial charge on any atom is 0.148 e. The van der Waals surface area contributed by atoms with Crippen molar-refractivity contribution in [2.24, 2.45) is 0 Å². The van der Waals surface area contributed by atoms with Gasteiger partial charge in [-0.25, -0.2) is 9.67 Å².